The molecule has 1 amide bonds. The highest BCUT2D eigenvalue weighted by atomic mass is 16.2. The summed E-state index contributed by atoms with van der Waals surface area (Å²) in [6, 6.07) is 7.68. The fourth-order valence-electron chi connectivity index (χ4n) is 2.35. The van der Waals surface area contributed by atoms with E-state index in [4.69, 9.17) is 5.73 Å². The maximum Gasteiger partial charge on any atom is 0.227 e. The minimum absolute atomic E-state index is 0.0210. The molecule has 2 aromatic rings. The first-order chi connectivity index (χ1) is 11.1. The van der Waals surface area contributed by atoms with Crippen LogP contribution in [0.5, 0.6) is 0 Å². The number of carbonyl (C=O) groups excluding carboxylic acids is 1. The number of nitrogens with two attached hydrogens (primary N) is 1. The van der Waals surface area contributed by atoms with Crippen molar-refractivity contribution < 1.29 is 4.79 Å². The van der Waals surface area contributed by atoms with Crippen molar-refractivity contribution in [3.8, 4) is 5.69 Å². The van der Waals surface area contributed by atoms with Crippen molar-refractivity contribution in [1.82, 2.24) is 25.1 Å². The molecule has 0 bridgehead atoms. The lowest BCUT2D eigenvalue weighted by Crippen LogP contribution is -2.39. The largest absolute Gasteiger partial charge is 0.332 e. The lowest BCUT2D eigenvalue weighted by Gasteiger charge is -2.31. The van der Waals surface area contributed by atoms with Gasteiger partial charge in [-0.25, -0.2) is 4.68 Å². The van der Waals surface area contributed by atoms with E-state index in [1.54, 1.807) is 15.7 Å². The predicted octanol–water partition coefficient (Wildman–Crippen LogP) is 1.33. The molecule has 0 aliphatic heterocycles. The number of carbonyl (C=O) groups is 1. The molecule has 0 spiro atoms. The standard InChI is InChI=1S/C16H22N6O/c1-4-8-21(16(23)12(2)10-17)13(3)14-6-5-7-15(9-14)22-11-18-19-20-22/h4-7,9,11-13H,1,8,10,17H2,2-3H3. The topological polar surface area (TPSA) is 89.9 Å². The zero-order valence-corrected chi connectivity index (χ0v) is 13.5. The molecule has 0 saturated carbocycles. The Labute approximate surface area is 135 Å². The number of hydrogen-bond acceptors (Lipinski definition) is 5. The van der Waals surface area contributed by atoms with Gasteiger partial charge in [0.2, 0.25) is 5.91 Å². The van der Waals surface area contributed by atoms with E-state index >= 15 is 0 Å². The summed E-state index contributed by atoms with van der Waals surface area (Å²) >= 11 is 0. The molecule has 7 heteroatoms. The van der Waals surface area contributed by atoms with Gasteiger partial charge in [0, 0.05) is 19.0 Å². The molecule has 1 aromatic heterocycles. The van der Waals surface area contributed by atoms with Gasteiger partial charge in [0.15, 0.2) is 0 Å². The average Bonchev–Trinajstić information content (AvgIpc) is 3.12. The minimum atomic E-state index is -0.222. The van der Waals surface area contributed by atoms with Crippen LogP contribution in [0.2, 0.25) is 0 Å². The number of nitrogens with zero attached hydrogens (tertiary/aromatic N) is 5. The van der Waals surface area contributed by atoms with Crippen molar-refractivity contribution in [2.24, 2.45) is 11.7 Å². The smallest absolute Gasteiger partial charge is 0.227 e. The van der Waals surface area contributed by atoms with Gasteiger partial charge in [-0.2, -0.15) is 0 Å². The maximum absolute atomic E-state index is 12.6. The molecule has 0 fully saturated rings. The summed E-state index contributed by atoms with van der Waals surface area (Å²) in [5.41, 5.74) is 7.48. The van der Waals surface area contributed by atoms with E-state index in [1.165, 1.54) is 6.33 Å². The Bertz CT molecular complexity index is 654. The zero-order chi connectivity index (χ0) is 16.8. The number of tetrazole rings is 1. The highest BCUT2D eigenvalue weighted by Crippen LogP contribution is 2.23. The van der Waals surface area contributed by atoms with Crippen LogP contribution in [0.15, 0.2) is 43.2 Å². The summed E-state index contributed by atoms with van der Waals surface area (Å²) in [6.07, 6.45) is 3.26. The number of benzene rings is 1. The predicted molar refractivity (Wildman–Crippen MR) is 87.7 cm³/mol. The molecule has 0 aliphatic rings. The average molecular weight is 314 g/mol. The SMILES string of the molecule is C=CCN(C(=O)C(C)CN)C(C)c1cccc(-n2cnnn2)c1. The third-order valence-corrected chi connectivity index (χ3v) is 3.82. The van der Waals surface area contributed by atoms with Crippen molar-refractivity contribution >= 4 is 5.91 Å². The normalized spacial score (nSPS) is 13.3. The van der Waals surface area contributed by atoms with Gasteiger partial charge < -0.3 is 10.6 Å². The molecule has 0 aliphatic carbocycles. The summed E-state index contributed by atoms with van der Waals surface area (Å²) in [4.78, 5) is 14.3. The van der Waals surface area contributed by atoms with E-state index in [2.05, 4.69) is 22.1 Å². The van der Waals surface area contributed by atoms with Gasteiger partial charge >= 0.3 is 0 Å². The molecular weight excluding hydrogens is 292 g/mol. The van der Waals surface area contributed by atoms with E-state index in [0.29, 0.717) is 13.1 Å². The minimum Gasteiger partial charge on any atom is -0.332 e. The monoisotopic (exact) mass is 314 g/mol. The molecule has 2 rings (SSSR count). The Balaban J connectivity index is 2.29. The number of rotatable bonds is 7. The van der Waals surface area contributed by atoms with Gasteiger partial charge in [0.05, 0.1) is 11.7 Å². The summed E-state index contributed by atoms with van der Waals surface area (Å²) in [5, 5.41) is 11.2. The van der Waals surface area contributed by atoms with Crippen LogP contribution < -0.4 is 5.73 Å². The molecule has 2 atom stereocenters. The van der Waals surface area contributed by atoms with Crippen LogP contribution in [0, 0.1) is 5.92 Å². The second kappa shape index (κ2) is 7.64. The highest BCUT2D eigenvalue weighted by Gasteiger charge is 2.24. The van der Waals surface area contributed by atoms with Crippen LogP contribution in [-0.4, -0.2) is 44.1 Å². The molecule has 2 unspecified atom stereocenters. The molecule has 122 valence electrons. The fourth-order valence-corrected chi connectivity index (χ4v) is 2.35. The zero-order valence-electron chi connectivity index (χ0n) is 13.5. The van der Waals surface area contributed by atoms with Crippen molar-refractivity contribution in [2.75, 3.05) is 13.1 Å². The van der Waals surface area contributed by atoms with Crippen LogP contribution >= 0.6 is 0 Å². The van der Waals surface area contributed by atoms with Crippen molar-refractivity contribution in [1.29, 1.82) is 0 Å². The quantitative estimate of drug-likeness (QED) is 0.779. The molecule has 0 radical (unpaired) electrons. The van der Waals surface area contributed by atoms with Crippen molar-refractivity contribution in [2.45, 2.75) is 19.9 Å². The summed E-state index contributed by atoms with van der Waals surface area (Å²) in [7, 11) is 0. The Morgan fingerprint density at radius 2 is 2.26 bits per heavy atom. The van der Waals surface area contributed by atoms with Crippen LogP contribution in [0.25, 0.3) is 5.69 Å². The van der Waals surface area contributed by atoms with E-state index < -0.39 is 0 Å². The first-order valence-electron chi connectivity index (χ1n) is 7.53. The first-order valence-corrected chi connectivity index (χ1v) is 7.53. The van der Waals surface area contributed by atoms with Gasteiger partial charge in [-0.3, -0.25) is 4.79 Å². The Hall–Kier alpha value is -2.54. The highest BCUT2D eigenvalue weighted by molar-refractivity contribution is 5.79. The van der Waals surface area contributed by atoms with Crippen LogP contribution in [0.4, 0.5) is 0 Å². The lowest BCUT2D eigenvalue weighted by atomic mass is 10.0. The van der Waals surface area contributed by atoms with E-state index in [1.807, 2.05) is 38.1 Å². The third-order valence-electron chi connectivity index (χ3n) is 3.82. The number of aromatic nitrogens is 4. The van der Waals surface area contributed by atoms with Crippen LogP contribution in [0.3, 0.4) is 0 Å². The molecular formula is C16H22N6O. The van der Waals surface area contributed by atoms with Crippen LogP contribution in [-0.2, 0) is 4.79 Å². The van der Waals surface area contributed by atoms with Crippen LogP contribution in [0.1, 0.15) is 25.5 Å². The maximum atomic E-state index is 12.6. The molecule has 7 nitrogen and oxygen atoms in total. The van der Waals surface area contributed by atoms with Gasteiger partial charge in [-0.15, -0.1) is 11.7 Å². The molecule has 2 N–H and O–H groups in total. The van der Waals surface area contributed by atoms with E-state index in [0.717, 1.165) is 11.3 Å². The molecule has 1 heterocycles. The fraction of sp³-hybridized carbons (Fsp3) is 0.375. The van der Waals surface area contributed by atoms with Gasteiger partial charge in [-0.1, -0.05) is 25.1 Å². The Morgan fingerprint density at radius 1 is 1.48 bits per heavy atom. The van der Waals surface area contributed by atoms with Gasteiger partial charge in [0.1, 0.15) is 6.33 Å². The second-order valence-electron chi connectivity index (χ2n) is 5.44. The Kier molecular flexibility index (Phi) is 5.59. The van der Waals surface area contributed by atoms with Gasteiger partial charge in [-0.05, 0) is 35.0 Å². The molecule has 1 aromatic carbocycles. The Morgan fingerprint density at radius 3 is 2.87 bits per heavy atom. The lowest BCUT2D eigenvalue weighted by molar-refractivity contribution is -0.136. The number of hydrogen-bond donors (Lipinski definition) is 1. The summed E-state index contributed by atoms with van der Waals surface area (Å²) in [5.74, 6) is -0.201. The second-order valence-corrected chi connectivity index (χ2v) is 5.44. The van der Waals surface area contributed by atoms with Gasteiger partial charge in [0.25, 0.3) is 0 Å². The number of amides is 1. The summed E-state index contributed by atoms with van der Waals surface area (Å²) < 4.78 is 1.58. The first kappa shape index (κ1) is 16.8. The van der Waals surface area contributed by atoms with Crippen molar-refractivity contribution in [3.05, 3.63) is 48.8 Å². The molecule has 23 heavy (non-hydrogen) atoms. The van der Waals surface area contributed by atoms with Crippen molar-refractivity contribution in [3.63, 3.8) is 0 Å². The van der Waals surface area contributed by atoms with E-state index in [9.17, 15) is 4.79 Å². The molecule has 0 saturated heterocycles. The van der Waals surface area contributed by atoms with E-state index in [-0.39, 0.29) is 17.9 Å². The third kappa shape index (κ3) is 3.81. The summed E-state index contributed by atoms with van der Waals surface area (Å²) in [6.45, 7) is 8.37.